The summed E-state index contributed by atoms with van der Waals surface area (Å²) in [6.07, 6.45) is 4.50. The molecule has 0 aromatic heterocycles. The van der Waals surface area contributed by atoms with E-state index in [1.807, 2.05) is 24.0 Å². The van der Waals surface area contributed by atoms with Gasteiger partial charge in [-0.2, -0.15) is 0 Å². The van der Waals surface area contributed by atoms with Crippen LogP contribution in [0.1, 0.15) is 48.5 Å². The van der Waals surface area contributed by atoms with Gasteiger partial charge in [-0.1, -0.05) is 24.9 Å². The van der Waals surface area contributed by atoms with Crippen LogP contribution < -0.4 is 5.32 Å². The molecular formula is C17H25ClN2O. The molecule has 3 nitrogen and oxygen atoms in total. The fourth-order valence-corrected chi connectivity index (χ4v) is 3.14. The molecule has 21 heavy (non-hydrogen) atoms. The predicted molar refractivity (Wildman–Crippen MR) is 88.0 cm³/mol. The predicted octanol–water partition coefficient (Wildman–Crippen LogP) is 3.64. The third-order valence-electron chi connectivity index (χ3n) is 3.96. The molecule has 1 aromatic carbocycles. The van der Waals surface area contributed by atoms with Crippen molar-refractivity contribution in [1.82, 2.24) is 10.2 Å². The Kier molecular flexibility index (Phi) is 6.07. The fourth-order valence-electron chi connectivity index (χ4n) is 2.85. The topological polar surface area (TPSA) is 32.3 Å². The molecule has 2 rings (SSSR count). The molecule has 1 saturated heterocycles. The number of hydrogen-bond donors (Lipinski definition) is 1. The number of halogens is 1. The van der Waals surface area contributed by atoms with Crippen molar-refractivity contribution in [3.63, 3.8) is 0 Å². The quantitative estimate of drug-likeness (QED) is 0.870. The summed E-state index contributed by atoms with van der Waals surface area (Å²) in [5.41, 5.74) is 1.73. The first kappa shape index (κ1) is 16.3. The molecule has 1 atom stereocenters. The number of carbonyl (C=O) groups is 1. The summed E-state index contributed by atoms with van der Waals surface area (Å²) in [7, 11) is 0. The van der Waals surface area contributed by atoms with E-state index in [0.29, 0.717) is 16.6 Å². The van der Waals surface area contributed by atoms with E-state index in [1.165, 1.54) is 6.42 Å². The normalized spacial score (nSPS) is 18.0. The van der Waals surface area contributed by atoms with Gasteiger partial charge < -0.3 is 10.2 Å². The lowest BCUT2D eigenvalue weighted by Crippen LogP contribution is -2.41. The zero-order valence-corrected chi connectivity index (χ0v) is 13.7. The molecule has 1 aliphatic rings. The van der Waals surface area contributed by atoms with E-state index in [-0.39, 0.29) is 5.91 Å². The molecule has 1 unspecified atom stereocenters. The average molecular weight is 309 g/mol. The average Bonchev–Trinajstić information content (AvgIpc) is 2.94. The molecular weight excluding hydrogens is 284 g/mol. The van der Waals surface area contributed by atoms with Gasteiger partial charge in [0.05, 0.1) is 0 Å². The SMILES string of the molecule is CCCCN(CC1CCCN1)C(=O)c1cc(C)cc(Cl)c1. The highest BCUT2D eigenvalue weighted by molar-refractivity contribution is 6.31. The molecule has 1 fully saturated rings. The summed E-state index contributed by atoms with van der Waals surface area (Å²) < 4.78 is 0. The Morgan fingerprint density at radius 1 is 1.43 bits per heavy atom. The largest absolute Gasteiger partial charge is 0.337 e. The number of hydrogen-bond acceptors (Lipinski definition) is 2. The van der Waals surface area contributed by atoms with E-state index < -0.39 is 0 Å². The standard InChI is InChI=1S/C17H25ClN2O/c1-3-4-8-20(12-16-6-5-7-19-16)17(21)14-9-13(2)10-15(18)11-14/h9-11,16,19H,3-8,12H2,1-2H3. The fraction of sp³-hybridized carbons (Fsp3) is 0.588. The van der Waals surface area contributed by atoms with E-state index in [9.17, 15) is 4.79 Å². The van der Waals surface area contributed by atoms with Crippen molar-refractivity contribution in [2.75, 3.05) is 19.6 Å². The van der Waals surface area contributed by atoms with Crippen LogP contribution >= 0.6 is 11.6 Å². The molecule has 1 heterocycles. The van der Waals surface area contributed by atoms with Crippen molar-refractivity contribution in [2.45, 2.75) is 45.6 Å². The molecule has 1 aliphatic heterocycles. The van der Waals surface area contributed by atoms with Gasteiger partial charge in [0.2, 0.25) is 0 Å². The minimum absolute atomic E-state index is 0.0998. The number of benzene rings is 1. The number of nitrogens with zero attached hydrogens (tertiary/aromatic N) is 1. The van der Waals surface area contributed by atoms with Crippen LogP contribution in [0.3, 0.4) is 0 Å². The Bertz CT molecular complexity index is 463. The van der Waals surface area contributed by atoms with E-state index >= 15 is 0 Å². The second-order valence-corrected chi connectivity index (χ2v) is 6.35. The van der Waals surface area contributed by atoms with Crippen molar-refractivity contribution >= 4 is 17.5 Å². The lowest BCUT2D eigenvalue weighted by molar-refractivity contribution is 0.0739. The van der Waals surface area contributed by atoms with E-state index in [4.69, 9.17) is 11.6 Å². The molecule has 0 bridgehead atoms. The first-order valence-electron chi connectivity index (χ1n) is 7.90. The Labute approximate surface area is 132 Å². The van der Waals surface area contributed by atoms with Crippen LogP contribution in [-0.2, 0) is 0 Å². The number of amides is 1. The summed E-state index contributed by atoms with van der Waals surface area (Å²) in [6, 6.07) is 6.02. The highest BCUT2D eigenvalue weighted by atomic mass is 35.5. The molecule has 0 aliphatic carbocycles. The van der Waals surface area contributed by atoms with Crippen molar-refractivity contribution in [3.8, 4) is 0 Å². The van der Waals surface area contributed by atoms with Gasteiger partial charge in [0.15, 0.2) is 0 Å². The van der Waals surface area contributed by atoms with Crippen molar-refractivity contribution in [2.24, 2.45) is 0 Å². The smallest absolute Gasteiger partial charge is 0.253 e. The zero-order valence-electron chi connectivity index (χ0n) is 13.0. The van der Waals surface area contributed by atoms with E-state index in [0.717, 1.165) is 44.5 Å². The number of aryl methyl sites for hydroxylation is 1. The van der Waals surface area contributed by atoms with Crippen LogP contribution in [0.25, 0.3) is 0 Å². The Balaban J connectivity index is 2.11. The minimum atomic E-state index is 0.0998. The number of unbranched alkanes of at least 4 members (excludes halogenated alkanes) is 1. The highest BCUT2D eigenvalue weighted by Gasteiger charge is 2.22. The lowest BCUT2D eigenvalue weighted by atomic mass is 10.1. The van der Waals surface area contributed by atoms with Gasteiger partial charge in [-0.25, -0.2) is 0 Å². The Morgan fingerprint density at radius 3 is 2.86 bits per heavy atom. The monoisotopic (exact) mass is 308 g/mol. The van der Waals surface area contributed by atoms with Crippen LogP contribution in [-0.4, -0.2) is 36.5 Å². The van der Waals surface area contributed by atoms with E-state index in [1.54, 1.807) is 6.07 Å². The Morgan fingerprint density at radius 2 is 2.24 bits per heavy atom. The maximum absolute atomic E-state index is 12.8. The van der Waals surface area contributed by atoms with Gasteiger partial charge in [0.1, 0.15) is 0 Å². The van der Waals surface area contributed by atoms with Gasteiger partial charge >= 0.3 is 0 Å². The number of rotatable bonds is 6. The van der Waals surface area contributed by atoms with Crippen molar-refractivity contribution in [3.05, 3.63) is 34.3 Å². The number of carbonyl (C=O) groups excluding carboxylic acids is 1. The van der Waals surface area contributed by atoms with Crippen LogP contribution in [0, 0.1) is 6.92 Å². The van der Waals surface area contributed by atoms with Crippen molar-refractivity contribution < 1.29 is 4.79 Å². The third-order valence-corrected chi connectivity index (χ3v) is 4.18. The second kappa shape index (κ2) is 7.81. The zero-order chi connectivity index (χ0) is 15.2. The van der Waals surface area contributed by atoms with Gasteiger partial charge in [0.25, 0.3) is 5.91 Å². The summed E-state index contributed by atoms with van der Waals surface area (Å²) in [5, 5.41) is 4.10. The second-order valence-electron chi connectivity index (χ2n) is 5.92. The summed E-state index contributed by atoms with van der Waals surface area (Å²) in [5.74, 6) is 0.0998. The van der Waals surface area contributed by atoms with Crippen LogP contribution in [0.5, 0.6) is 0 Å². The molecule has 1 aromatic rings. The number of nitrogens with one attached hydrogen (secondary N) is 1. The first-order chi connectivity index (χ1) is 10.1. The van der Waals surface area contributed by atoms with Crippen molar-refractivity contribution in [1.29, 1.82) is 0 Å². The summed E-state index contributed by atoms with van der Waals surface area (Å²) in [6.45, 7) is 6.80. The summed E-state index contributed by atoms with van der Waals surface area (Å²) >= 11 is 6.09. The Hall–Kier alpha value is -1.06. The third kappa shape index (κ3) is 4.72. The maximum atomic E-state index is 12.8. The van der Waals surface area contributed by atoms with Gasteiger partial charge in [-0.3, -0.25) is 4.79 Å². The van der Waals surface area contributed by atoms with Gasteiger partial charge in [-0.15, -0.1) is 0 Å². The van der Waals surface area contributed by atoms with Gasteiger partial charge in [-0.05, 0) is 56.5 Å². The maximum Gasteiger partial charge on any atom is 0.253 e. The van der Waals surface area contributed by atoms with Crippen LogP contribution in [0.15, 0.2) is 18.2 Å². The molecule has 116 valence electrons. The lowest BCUT2D eigenvalue weighted by Gasteiger charge is -2.26. The molecule has 1 amide bonds. The van der Waals surface area contributed by atoms with E-state index in [2.05, 4.69) is 12.2 Å². The van der Waals surface area contributed by atoms with Crippen LogP contribution in [0.4, 0.5) is 0 Å². The molecule has 0 radical (unpaired) electrons. The minimum Gasteiger partial charge on any atom is -0.337 e. The highest BCUT2D eigenvalue weighted by Crippen LogP contribution is 2.17. The molecule has 0 saturated carbocycles. The molecule has 4 heteroatoms. The molecule has 1 N–H and O–H groups in total. The molecule has 0 spiro atoms. The van der Waals surface area contributed by atoms with Gasteiger partial charge in [0, 0.05) is 29.7 Å². The summed E-state index contributed by atoms with van der Waals surface area (Å²) in [4.78, 5) is 14.8. The van der Waals surface area contributed by atoms with Crippen LogP contribution in [0.2, 0.25) is 5.02 Å². The first-order valence-corrected chi connectivity index (χ1v) is 8.28.